The molecule has 1 aromatic carbocycles. The molecule has 1 saturated heterocycles. The molecule has 0 N–H and O–H groups in total. The van der Waals surface area contributed by atoms with Crippen LogP contribution in [0.5, 0.6) is 5.75 Å². The number of anilines is 1. The second-order valence-electron chi connectivity index (χ2n) is 7.69. The van der Waals surface area contributed by atoms with E-state index in [2.05, 4.69) is 4.98 Å². The lowest BCUT2D eigenvalue weighted by Crippen LogP contribution is -2.54. The van der Waals surface area contributed by atoms with Gasteiger partial charge in [0.1, 0.15) is 11.5 Å². The summed E-state index contributed by atoms with van der Waals surface area (Å²) in [6, 6.07) is 11.2. The zero-order chi connectivity index (χ0) is 22.1. The number of oxazole rings is 1. The Kier molecular flexibility index (Phi) is 5.67. The monoisotopic (exact) mass is 453 g/mol. The zero-order valence-electron chi connectivity index (χ0n) is 17.7. The maximum atomic E-state index is 13.4. The summed E-state index contributed by atoms with van der Waals surface area (Å²) in [7, 11) is 0. The Morgan fingerprint density at radius 3 is 2.75 bits per heavy atom. The summed E-state index contributed by atoms with van der Waals surface area (Å²) in [6.45, 7) is 4.03. The van der Waals surface area contributed by atoms with Crippen molar-refractivity contribution in [1.29, 1.82) is 0 Å². The van der Waals surface area contributed by atoms with E-state index in [1.165, 1.54) is 11.3 Å². The van der Waals surface area contributed by atoms with Crippen LogP contribution in [0, 0.1) is 6.92 Å². The molecular formula is C23H23N3O5S. The highest BCUT2D eigenvalue weighted by atomic mass is 32.1. The second kappa shape index (κ2) is 8.76. The Balaban J connectivity index is 1.38. The summed E-state index contributed by atoms with van der Waals surface area (Å²) >= 11 is 1.53. The zero-order valence-corrected chi connectivity index (χ0v) is 18.5. The predicted octanol–water partition coefficient (Wildman–Crippen LogP) is 2.91. The number of thiophene rings is 1. The third-order valence-corrected chi connectivity index (χ3v) is 6.47. The highest BCUT2D eigenvalue weighted by Gasteiger charge is 2.36. The summed E-state index contributed by atoms with van der Waals surface area (Å²) in [4.78, 5) is 35.3. The molecule has 166 valence electrons. The maximum Gasteiger partial charge on any atom is 0.265 e. The van der Waals surface area contributed by atoms with Crippen molar-refractivity contribution < 1.29 is 23.5 Å². The number of amides is 2. The average molecular weight is 454 g/mol. The van der Waals surface area contributed by atoms with Crippen LogP contribution in [0.3, 0.4) is 0 Å². The van der Waals surface area contributed by atoms with Crippen molar-refractivity contribution in [1.82, 2.24) is 9.88 Å². The Labute approximate surface area is 189 Å². The van der Waals surface area contributed by atoms with Gasteiger partial charge in [0.2, 0.25) is 11.8 Å². The minimum absolute atomic E-state index is 0.0769. The number of carbonyl (C=O) groups is 2. The van der Waals surface area contributed by atoms with Crippen molar-refractivity contribution in [2.45, 2.75) is 19.4 Å². The number of aromatic nitrogens is 1. The van der Waals surface area contributed by atoms with E-state index in [1.807, 2.05) is 42.6 Å². The fourth-order valence-corrected chi connectivity index (χ4v) is 4.57. The third-order valence-electron chi connectivity index (χ3n) is 5.62. The molecule has 5 rings (SSSR count). The first-order valence-corrected chi connectivity index (χ1v) is 11.4. The lowest BCUT2D eigenvalue weighted by Gasteiger charge is -2.37. The number of carbonyl (C=O) groups excluding carboxylic acids is 2. The summed E-state index contributed by atoms with van der Waals surface area (Å²) in [6.07, 6.45) is -0.680. The summed E-state index contributed by atoms with van der Waals surface area (Å²) in [5, 5.41) is 1.95. The van der Waals surface area contributed by atoms with E-state index >= 15 is 0 Å². The molecule has 0 radical (unpaired) electrons. The molecule has 0 saturated carbocycles. The number of para-hydroxylation sites is 2. The van der Waals surface area contributed by atoms with Crippen LogP contribution in [-0.2, 0) is 20.7 Å². The van der Waals surface area contributed by atoms with Gasteiger partial charge in [0.25, 0.3) is 5.91 Å². The molecule has 9 heteroatoms. The largest absolute Gasteiger partial charge is 0.476 e. The minimum Gasteiger partial charge on any atom is -0.476 e. The van der Waals surface area contributed by atoms with Crippen LogP contribution in [0.2, 0.25) is 0 Å². The molecule has 2 aliphatic rings. The normalized spacial score (nSPS) is 18.2. The van der Waals surface area contributed by atoms with Gasteiger partial charge >= 0.3 is 0 Å². The fraction of sp³-hybridized carbons (Fsp3) is 0.348. The summed E-state index contributed by atoms with van der Waals surface area (Å²) in [5.74, 6) is 1.37. The molecule has 4 heterocycles. The van der Waals surface area contributed by atoms with Gasteiger partial charge in [-0.3, -0.25) is 9.59 Å². The molecule has 0 aliphatic carbocycles. The van der Waals surface area contributed by atoms with E-state index in [1.54, 1.807) is 15.9 Å². The molecule has 1 fully saturated rings. The molecule has 2 aromatic heterocycles. The molecule has 32 heavy (non-hydrogen) atoms. The van der Waals surface area contributed by atoms with Gasteiger partial charge in [-0.25, -0.2) is 4.98 Å². The Bertz CT molecular complexity index is 1120. The average Bonchev–Trinajstić information content (AvgIpc) is 3.48. The first-order chi connectivity index (χ1) is 15.6. The van der Waals surface area contributed by atoms with Gasteiger partial charge < -0.3 is 23.7 Å². The lowest BCUT2D eigenvalue weighted by molar-refractivity contribution is -0.142. The molecule has 2 aliphatic heterocycles. The van der Waals surface area contributed by atoms with Gasteiger partial charge in [-0.2, -0.15) is 0 Å². The molecule has 0 spiro atoms. The molecule has 1 atom stereocenters. The van der Waals surface area contributed by atoms with Crippen molar-refractivity contribution in [3.05, 3.63) is 53.2 Å². The van der Waals surface area contributed by atoms with Crippen molar-refractivity contribution in [2.75, 3.05) is 37.7 Å². The van der Waals surface area contributed by atoms with Crippen LogP contribution in [-0.4, -0.2) is 60.7 Å². The van der Waals surface area contributed by atoms with Gasteiger partial charge in [0.15, 0.2) is 6.10 Å². The van der Waals surface area contributed by atoms with Gasteiger partial charge in [0, 0.05) is 13.1 Å². The van der Waals surface area contributed by atoms with Gasteiger partial charge in [-0.15, -0.1) is 11.3 Å². The van der Waals surface area contributed by atoms with Crippen LogP contribution in [0.15, 0.2) is 46.2 Å². The SMILES string of the molecule is Cc1oc(-c2cccs2)nc1CC(=O)N1CC(C(=O)N2CCOCC2)Oc2ccccc21. The first kappa shape index (κ1) is 20.7. The first-order valence-electron chi connectivity index (χ1n) is 10.5. The number of benzene rings is 1. The summed E-state index contributed by atoms with van der Waals surface area (Å²) in [5.41, 5.74) is 1.25. The number of hydrogen-bond donors (Lipinski definition) is 0. The highest BCUT2D eigenvalue weighted by molar-refractivity contribution is 7.13. The lowest BCUT2D eigenvalue weighted by atomic mass is 10.1. The Hall–Kier alpha value is -3.17. The smallest absolute Gasteiger partial charge is 0.265 e. The van der Waals surface area contributed by atoms with Crippen LogP contribution < -0.4 is 9.64 Å². The second-order valence-corrected chi connectivity index (χ2v) is 8.64. The maximum absolute atomic E-state index is 13.4. The molecular weight excluding hydrogens is 430 g/mol. The molecule has 0 bridgehead atoms. The van der Waals surface area contributed by atoms with E-state index in [4.69, 9.17) is 13.9 Å². The van der Waals surface area contributed by atoms with E-state index in [0.717, 1.165) is 4.88 Å². The molecule has 2 amide bonds. The van der Waals surface area contributed by atoms with Crippen LogP contribution in [0.4, 0.5) is 5.69 Å². The Morgan fingerprint density at radius 1 is 1.16 bits per heavy atom. The Morgan fingerprint density at radius 2 is 1.97 bits per heavy atom. The number of aryl methyl sites for hydroxylation is 1. The molecule has 3 aromatic rings. The van der Waals surface area contributed by atoms with Crippen LogP contribution >= 0.6 is 11.3 Å². The van der Waals surface area contributed by atoms with Crippen LogP contribution in [0.1, 0.15) is 11.5 Å². The van der Waals surface area contributed by atoms with Crippen LogP contribution in [0.25, 0.3) is 10.8 Å². The number of morpholine rings is 1. The predicted molar refractivity (Wildman–Crippen MR) is 119 cm³/mol. The third kappa shape index (κ3) is 4.01. The number of fused-ring (bicyclic) bond motifs is 1. The molecule has 1 unspecified atom stereocenters. The number of ether oxygens (including phenoxy) is 2. The molecule has 8 nitrogen and oxygen atoms in total. The highest BCUT2D eigenvalue weighted by Crippen LogP contribution is 2.34. The number of hydrogen-bond acceptors (Lipinski definition) is 7. The quantitative estimate of drug-likeness (QED) is 0.604. The minimum atomic E-state index is -0.757. The van der Waals surface area contributed by atoms with Crippen molar-refractivity contribution in [2.24, 2.45) is 0 Å². The van der Waals surface area contributed by atoms with Gasteiger partial charge in [0.05, 0.1) is 42.4 Å². The fourth-order valence-electron chi connectivity index (χ4n) is 3.92. The summed E-state index contributed by atoms with van der Waals surface area (Å²) < 4.78 is 17.1. The van der Waals surface area contributed by atoms with E-state index in [-0.39, 0.29) is 24.8 Å². The van der Waals surface area contributed by atoms with E-state index < -0.39 is 6.10 Å². The van der Waals surface area contributed by atoms with Crippen molar-refractivity contribution in [3.63, 3.8) is 0 Å². The van der Waals surface area contributed by atoms with Crippen molar-refractivity contribution >= 4 is 28.8 Å². The van der Waals surface area contributed by atoms with Gasteiger partial charge in [-0.05, 0) is 30.5 Å². The van der Waals surface area contributed by atoms with E-state index in [9.17, 15) is 9.59 Å². The van der Waals surface area contributed by atoms with E-state index in [0.29, 0.717) is 55.1 Å². The van der Waals surface area contributed by atoms with Gasteiger partial charge in [-0.1, -0.05) is 18.2 Å². The van der Waals surface area contributed by atoms with Crippen molar-refractivity contribution in [3.8, 4) is 16.5 Å². The number of nitrogens with zero attached hydrogens (tertiary/aromatic N) is 3. The topological polar surface area (TPSA) is 85.1 Å². The number of rotatable bonds is 4. The standard InChI is InChI=1S/C23H23N3O5S/c1-15-16(24-22(30-15)20-7-4-12-32-20)13-21(27)26-14-19(23(28)25-8-10-29-11-9-25)31-18-6-3-2-5-17(18)26/h2-7,12,19H,8-11,13-14H2,1H3.